The molecule has 2 N–H and O–H groups in total. The van der Waals surface area contributed by atoms with E-state index in [1.165, 1.54) is 0 Å². The molecule has 22 heavy (non-hydrogen) atoms. The van der Waals surface area contributed by atoms with E-state index in [1.807, 2.05) is 38.1 Å². The molecule has 0 aliphatic heterocycles. The Bertz CT molecular complexity index is 876. The lowest BCUT2D eigenvalue weighted by atomic mass is 9.95. The first-order chi connectivity index (χ1) is 10.6. The van der Waals surface area contributed by atoms with Gasteiger partial charge in [-0.15, -0.1) is 0 Å². The van der Waals surface area contributed by atoms with Crippen LogP contribution < -0.4 is 5.73 Å². The van der Waals surface area contributed by atoms with Crippen molar-refractivity contribution in [3.63, 3.8) is 0 Å². The zero-order chi connectivity index (χ0) is 15.7. The summed E-state index contributed by atoms with van der Waals surface area (Å²) in [5, 5.41) is 9.44. The van der Waals surface area contributed by atoms with E-state index in [2.05, 4.69) is 16.0 Å². The van der Waals surface area contributed by atoms with Crippen LogP contribution in [0.5, 0.6) is 0 Å². The number of pyridine rings is 2. The number of hydrogen-bond acceptors (Lipinski definition) is 5. The van der Waals surface area contributed by atoms with Crippen molar-refractivity contribution in [2.75, 3.05) is 5.73 Å². The maximum Gasteiger partial charge on any atom is 0.153 e. The molecule has 5 heteroatoms. The molecule has 3 aromatic heterocycles. The van der Waals surface area contributed by atoms with E-state index in [-0.39, 0.29) is 5.82 Å². The number of aromatic nitrogens is 2. The lowest BCUT2D eigenvalue weighted by Crippen LogP contribution is -2.03. The number of nitrogen functional groups attached to an aromatic ring is 1. The fourth-order valence-electron chi connectivity index (χ4n) is 2.49. The highest BCUT2D eigenvalue weighted by atomic mass is 16.3. The van der Waals surface area contributed by atoms with Crippen LogP contribution in [0.1, 0.15) is 16.9 Å². The van der Waals surface area contributed by atoms with Gasteiger partial charge in [-0.05, 0) is 49.2 Å². The standard InChI is InChI=1S/C17H14N4O/c1-10-3-4-14(22-10)16-11(2)15(12-5-7-20-8-6-12)13(9-18)17(19)21-16/h3-8H,1-2H3,(H2,19,21). The van der Waals surface area contributed by atoms with Gasteiger partial charge in [-0.3, -0.25) is 4.98 Å². The first kappa shape index (κ1) is 13.8. The monoisotopic (exact) mass is 290 g/mol. The van der Waals surface area contributed by atoms with Gasteiger partial charge in [0, 0.05) is 18.0 Å². The molecule has 0 spiro atoms. The molecule has 0 aliphatic carbocycles. The molecule has 0 aliphatic rings. The minimum absolute atomic E-state index is 0.198. The Labute approximate surface area is 128 Å². The molecule has 0 unspecified atom stereocenters. The smallest absolute Gasteiger partial charge is 0.153 e. The van der Waals surface area contributed by atoms with Gasteiger partial charge in [0.15, 0.2) is 5.76 Å². The van der Waals surface area contributed by atoms with Crippen molar-refractivity contribution >= 4 is 5.82 Å². The molecular weight excluding hydrogens is 276 g/mol. The third kappa shape index (κ3) is 2.21. The quantitative estimate of drug-likeness (QED) is 0.780. The molecule has 0 atom stereocenters. The Morgan fingerprint density at radius 3 is 2.45 bits per heavy atom. The highest BCUT2D eigenvalue weighted by Gasteiger charge is 2.19. The van der Waals surface area contributed by atoms with Crippen LogP contribution >= 0.6 is 0 Å². The minimum Gasteiger partial charge on any atom is -0.460 e. The molecule has 3 rings (SSSR count). The molecule has 3 aromatic rings. The average molecular weight is 290 g/mol. The number of nitrogens with zero attached hydrogens (tertiary/aromatic N) is 3. The number of hydrogen-bond donors (Lipinski definition) is 1. The van der Waals surface area contributed by atoms with Gasteiger partial charge < -0.3 is 10.2 Å². The van der Waals surface area contributed by atoms with Crippen molar-refractivity contribution in [3.8, 4) is 28.7 Å². The predicted molar refractivity (Wildman–Crippen MR) is 83.8 cm³/mol. The zero-order valence-electron chi connectivity index (χ0n) is 12.3. The van der Waals surface area contributed by atoms with Crippen molar-refractivity contribution < 1.29 is 4.42 Å². The van der Waals surface area contributed by atoms with Crippen LogP contribution in [0.2, 0.25) is 0 Å². The van der Waals surface area contributed by atoms with E-state index in [4.69, 9.17) is 10.2 Å². The summed E-state index contributed by atoms with van der Waals surface area (Å²) in [4.78, 5) is 8.37. The normalized spacial score (nSPS) is 10.4. The molecule has 0 saturated heterocycles. The Balaban J connectivity index is 2.33. The number of anilines is 1. The number of nitriles is 1. The first-order valence-electron chi connectivity index (χ1n) is 6.79. The van der Waals surface area contributed by atoms with Gasteiger partial charge in [0.2, 0.25) is 0 Å². The Morgan fingerprint density at radius 1 is 1.14 bits per heavy atom. The number of nitrogens with two attached hydrogens (primary N) is 1. The van der Waals surface area contributed by atoms with E-state index in [0.29, 0.717) is 17.0 Å². The third-order valence-corrected chi connectivity index (χ3v) is 3.52. The lowest BCUT2D eigenvalue weighted by Gasteiger charge is -2.13. The third-order valence-electron chi connectivity index (χ3n) is 3.52. The second kappa shape index (κ2) is 5.34. The van der Waals surface area contributed by atoms with Crippen LogP contribution in [0, 0.1) is 25.2 Å². The Kier molecular flexibility index (Phi) is 3.36. The molecule has 0 fully saturated rings. The van der Waals surface area contributed by atoms with Gasteiger partial charge in [0.05, 0.1) is 0 Å². The van der Waals surface area contributed by atoms with E-state index >= 15 is 0 Å². The summed E-state index contributed by atoms with van der Waals surface area (Å²) in [6, 6.07) is 9.57. The van der Waals surface area contributed by atoms with Crippen LogP contribution in [0.15, 0.2) is 41.1 Å². The maximum absolute atomic E-state index is 9.44. The summed E-state index contributed by atoms with van der Waals surface area (Å²) >= 11 is 0. The molecule has 0 aromatic carbocycles. The van der Waals surface area contributed by atoms with Crippen molar-refractivity contribution in [3.05, 3.63) is 53.5 Å². The molecule has 3 heterocycles. The largest absolute Gasteiger partial charge is 0.460 e. The van der Waals surface area contributed by atoms with E-state index < -0.39 is 0 Å². The molecule has 5 nitrogen and oxygen atoms in total. The van der Waals surface area contributed by atoms with Crippen LogP contribution in [-0.4, -0.2) is 9.97 Å². The Hall–Kier alpha value is -3.13. The second-order valence-electron chi connectivity index (χ2n) is 4.98. The summed E-state index contributed by atoms with van der Waals surface area (Å²) < 4.78 is 5.66. The van der Waals surface area contributed by atoms with Gasteiger partial charge >= 0.3 is 0 Å². The summed E-state index contributed by atoms with van der Waals surface area (Å²) in [5.74, 6) is 1.63. The van der Waals surface area contributed by atoms with Crippen molar-refractivity contribution in [2.24, 2.45) is 0 Å². The van der Waals surface area contributed by atoms with E-state index in [0.717, 1.165) is 22.5 Å². The minimum atomic E-state index is 0.198. The number of rotatable bonds is 2. The van der Waals surface area contributed by atoms with Crippen molar-refractivity contribution in [1.82, 2.24) is 9.97 Å². The number of furan rings is 1. The topological polar surface area (TPSA) is 88.7 Å². The first-order valence-corrected chi connectivity index (χ1v) is 6.79. The van der Waals surface area contributed by atoms with Gasteiger partial charge in [-0.2, -0.15) is 5.26 Å². The maximum atomic E-state index is 9.44. The summed E-state index contributed by atoms with van der Waals surface area (Å²) in [5.41, 5.74) is 9.51. The molecule has 0 amide bonds. The SMILES string of the molecule is Cc1ccc(-c2nc(N)c(C#N)c(-c3ccncc3)c2C)o1. The molecule has 108 valence electrons. The fourth-order valence-corrected chi connectivity index (χ4v) is 2.49. The zero-order valence-corrected chi connectivity index (χ0v) is 12.3. The van der Waals surface area contributed by atoms with Gasteiger partial charge in [0.1, 0.15) is 28.9 Å². The molecule has 0 radical (unpaired) electrons. The van der Waals surface area contributed by atoms with Gasteiger partial charge in [0.25, 0.3) is 0 Å². The van der Waals surface area contributed by atoms with E-state index in [9.17, 15) is 5.26 Å². The summed E-state index contributed by atoms with van der Waals surface area (Å²) in [7, 11) is 0. The number of aryl methyl sites for hydroxylation is 1. The van der Waals surface area contributed by atoms with Gasteiger partial charge in [-0.1, -0.05) is 0 Å². The average Bonchev–Trinajstić information content (AvgIpc) is 2.96. The Morgan fingerprint density at radius 2 is 1.86 bits per heavy atom. The van der Waals surface area contributed by atoms with Crippen molar-refractivity contribution in [2.45, 2.75) is 13.8 Å². The van der Waals surface area contributed by atoms with Crippen LogP contribution in [0.3, 0.4) is 0 Å². The summed E-state index contributed by atoms with van der Waals surface area (Å²) in [6.45, 7) is 3.78. The highest BCUT2D eigenvalue weighted by Crippen LogP contribution is 2.35. The molecular formula is C17H14N4O. The second-order valence-corrected chi connectivity index (χ2v) is 4.98. The van der Waals surface area contributed by atoms with Crippen LogP contribution in [0.4, 0.5) is 5.82 Å². The summed E-state index contributed by atoms with van der Waals surface area (Å²) in [6.07, 6.45) is 3.37. The van der Waals surface area contributed by atoms with E-state index in [1.54, 1.807) is 12.4 Å². The highest BCUT2D eigenvalue weighted by molar-refractivity contribution is 5.83. The van der Waals surface area contributed by atoms with Crippen molar-refractivity contribution in [1.29, 1.82) is 5.26 Å². The van der Waals surface area contributed by atoms with Crippen LogP contribution in [0.25, 0.3) is 22.6 Å². The van der Waals surface area contributed by atoms with Gasteiger partial charge in [-0.25, -0.2) is 4.98 Å². The predicted octanol–water partition coefficient (Wildman–Crippen LogP) is 3.47. The fraction of sp³-hybridized carbons (Fsp3) is 0.118. The molecule has 0 bridgehead atoms. The molecule has 0 saturated carbocycles. The lowest BCUT2D eigenvalue weighted by molar-refractivity contribution is 0.546. The van der Waals surface area contributed by atoms with Crippen LogP contribution in [-0.2, 0) is 0 Å².